The predicted octanol–water partition coefficient (Wildman–Crippen LogP) is 2.84. The topological polar surface area (TPSA) is 64.2 Å². The van der Waals surface area contributed by atoms with Crippen molar-refractivity contribution in [3.05, 3.63) is 34.7 Å². The average molecular weight is 356 g/mol. The van der Waals surface area contributed by atoms with E-state index >= 15 is 0 Å². The Hall–Kier alpha value is -2.32. The molecule has 1 amide bonds. The number of hydrogen-bond donors (Lipinski definition) is 0. The zero-order valence-electron chi connectivity index (χ0n) is 14.2. The van der Waals surface area contributed by atoms with E-state index < -0.39 is 11.9 Å². The zero-order chi connectivity index (χ0) is 18.4. The number of amides is 1. The van der Waals surface area contributed by atoms with Crippen LogP contribution in [0.25, 0.3) is 0 Å². The fourth-order valence-corrected chi connectivity index (χ4v) is 3.25. The van der Waals surface area contributed by atoms with E-state index in [0.29, 0.717) is 48.8 Å². The van der Waals surface area contributed by atoms with E-state index in [9.17, 15) is 18.0 Å². The highest BCUT2D eigenvalue weighted by molar-refractivity contribution is 5.95. The molecule has 3 rings (SSSR count). The van der Waals surface area contributed by atoms with E-state index in [1.807, 2.05) is 0 Å². The van der Waals surface area contributed by atoms with Gasteiger partial charge in [-0.05, 0) is 26.2 Å². The molecular formula is C16H19F3N4O2. The number of alkyl halides is 3. The highest BCUT2D eigenvalue weighted by Gasteiger charge is 2.36. The molecule has 6 nitrogen and oxygen atoms in total. The molecule has 0 fully saturated rings. The second-order valence-electron chi connectivity index (χ2n) is 6.48. The molecule has 0 saturated heterocycles. The van der Waals surface area contributed by atoms with Crippen molar-refractivity contribution in [1.29, 1.82) is 0 Å². The first-order valence-corrected chi connectivity index (χ1v) is 7.98. The summed E-state index contributed by atoms with van der Waals surface area (Å²) >= 11 is 0. The molecule has 1 aliphatic heterocycles. The van der Waals surface area contributed by atoms with Gasteiger partial charge in [-0.2, -0.15) is 13.2 Å². The Balaban J connectivity index is 1.68. The maximum absolute atomic E-state index is 12.8. The quantitative estimate of drug-likeness (QED) is 0.848. The lowest BCUT2D eigenvalue weighted by atomic mass is 9.98. The molecule has 1 atom stereocenters. The molecule has 0 N–H and O–H groups in total. The van der Waals surface area contributed by atoms with Gasteiger partial charge >= 0.3 is 6.18 Å². The summed E-state index contributed by atoms with van der Waals surface area (Å²) in [7, 11) is 1.68. The highest BCUT2D eigenvalue weighted by atomic mass is 19.4. The maximum atomic E-state index is 12.8. The predicted molar refractivity (Wildman–Crippen MR) is 82.0 cm³/mol. The van der Waals surface area contributed by atoms with Crippen molar-refractivity contribution >= 4 is 5.91 Å². The van der Waals surface area contributed by atoms with Gasteiger partial charge in [0.05, 0.1) is 5.69 Å². The molecule has 0 bridgehead atoms. The fourth-order valence-electron chi connectivity index (χ4n) is 3.25. The molecule has 0 spiro atoms. The van der Waals surface area contributed by atoms with Gasteiger partial charge in [-0.15, -0.1) is 0 Å². The largest absolute Gasteiger partial charge is 0.434 e. The van der Waals surface area contributed by atoms with Gasteiger partial charge in [0.2, 0.25) is 0 Å². The second kappa shape index (κ2) is 6.20. The number of aromatic nitrogens is 3. The van der Waals surface area contributed by atoms with Crippen molar-refractivity contribution in [2.24, 2.45) is 5.92 Å². The highest BCUT2D eigenvalue weighted by Crippen LogP contribution is 2.31. The van der Waals surface area contributed by atoms with E-state index in [4.69, 9.17) is 4.52 Å². The number of aryl methyl sites for hydroxylation is 3. The summed E-state index contributed by atoms with van der Waals surface area (Å²) in [5.41, 5.74) is 0.119. The minimum Gasteiger partial charge on any atom is -0.361 e. The molecule has 2 aromatic heterocycles. The summed E-state index contributed by atoms with van der Waals surface area (Å²) in [5.74, 6) is 0.786. The Kier molecular flexibility index (Phi) is 4.34. The standard InChI is InChI=1S/C16H19F3N4O2/c1-9-14(10(2)25-21-9)15(24)22(3)6-11-4-5-13-20-12(16(17,18)19)8-23(13)7-11/h8,11H,4-7H2,1-3H3/t11-/m1/s1. The number of fused-ring (bicyclic) bond motifs is 1. The number of carbonyl (C=O) groups excluding carboxylic acids is 1. The van der Waals surface area contributed by atoms with Gasteiger partial charge < -0.3 is 14.0 Å². The molecule has 3 heterocycles. The van der Waals surface area contributed by atoms with Crippen LogP contribution in [0.4, 0.5) is 13.2 Å². The van der Waals surface area contributed by atoms with Gasteiger partial charge in [0.1, 0.15) is 17.1 Å². The number of rotatable bonds is 3. The van der Waals surface area contributed by atoms with Crippen molar-refractivity contribution < 1.29 is 22.5 Å². The van der Waals surface area contributed by atoms with Crippen LogP contribution in [0.1, 0.15) is 39.8 Å². The molecule has 136 valence electrons. The fraction of sp³-hybridized carbons (Fsp3) is 0.562. The molecule has 25 heavy (non-hydrogen) atoms. The van der Waals surface area contributed by atoms with E-state index in [-0.39, 0.29) is 11.8 Å². The molecular weight excluding hydrogens is 337 g/mol. The van der Waals surface area contributed by atoms with Crippen LogP contribution in [-0.2, 0) is 19.1 Å². The van der Waals surface area contributed by atoms with Gasteiger partial charge in [-0.1, -0.05) is 5.16 Å². The zero-order valence-corrected chi connectivity index (χ0v) is 14.2. The number of nitrogens with zero attached hydrogens (tertiary/aromatic N) is 4. The molecule has 0 unspecified atom stereocenters. The Morgan fingerprint density at radius 3 is 2.76 bits per heavy atom. The summed E-state index contributed by atoms with van der Waals surface area (Å²) in [4.78, 5) is 17.8. The van der Waals surface area contributed by atoms with Crippen LogP contribution in [0.5, 0.6) is 0 Å². The minimum absolute atomic E-state index is 0.0669. The summed E-state index contributed by atoms with van der Waals surface area (Å²) in [6.45, 7) is 4.24. The van der Waals surface area contributed by atoms with Gasteiger partial charge in [0.25, 0.3) is 5.91 Å². The van der Waals surface area contributed by atoms with Crippen LogP contribution in [0.3, 0.4) is 0 Å². The maximum Gasteiger partial charge on any atom is 0.434 e. The molecule has 1 aliphatic rings. The smallest absolute Gasteiger partial charge is 0.361 e. The lowest BCUT2D eigenvalue weighted by molar-refractivity contribution is -0.141. The van der Waals surface area contributed by atoms with Gasteiger partial charge in [0.15, 0.2) is 5.69 Å². The first-order chi connectivity index (χ1) is 11.7. The van der Waals surface area contributed by atoms with E-state index in [1.165, 1.54) is 0 Å². The van der Waals surface area contributed by atoms with Crippen molar-refractivity contribution in [1.82, 2.24) is 19.6 Å². The van der Waals surface area contributed by atoms with Gasteiger partial charge in [-0.25, -0.2) is 4.98 Å². The minimum atomic E-state index is -4.43. The normalized spacial score (nSPS) is 17.4. The van der Waals surface area contributed by atoms with Crippen LogP contribution in [0.15, 0.2) is 10.7 Å². The number of carbonyl (C=O) groups is 1. The Bertz CT molecular complexity index is 774. The SMILES string of the molecule is Cc1noc(C)c1C(=O)N(C)C[C@H]1CCc2nc(C(F)(F)F)cn2C1. The van der Waals surface area contributed by atoms with Crippen molar-refractivity contribution in [3.63, 3.8) is 0 Å². The molecule has 9 heteroatoms. The van der Waals surface area contributed by atoms with Crippen molar-refractivity contribution in [2.75, 3.05) is 13.6 Å². The molecule has 0 aliphatic carbocycles. The third kappa shape index (κ3) is 3.40. The first kappa shape index (κ1) is 17.5. The first-order valence-electron chi connectivity index (χ1n) is 7.98. The average Bonchev–Trinajstić information content (AvgIpc) is 3.09. The lowest BCUT2D eigenvalue weighted by Gasteiger charge is -2.28. The van der Waals surface area contributed by atoms with Crippen LogP contribution >= 0.6 is 0 Å². The number of halogens is 3. The van der Waals surface area contributed by atoms with Crippen LogP contribution in [0.2, 0.25) is 0 Å². The second-order valence-corrected chi connectivity index (χ2v) is 6.48. The van der Waals surface area contributed by atoms with Crippen molar-refractivity contribution in [2.45, 2.75) is 39.4 Å². The van der Waals surface area contributed by atoms with Gasteiger partial charge in [0, 0.05) is 32.8 Å². The summed E-state index contributed by atoms with van der Waals surface area (Å²) in [6, 6.07) is 0. The Morgan fingerprint density at radius 2 is 2.16 bits per heavy atom. The van der Waals surface area contributed by atoms with E-state index in [1.54, 1.807) is 30.4 Å². The number of hydrogen-bond acceptors (Lipinski definition) is 4. The Labute approximate surface area is 142 Å². The third-order valence-corrected chi connectivity index (χ3v) is 4.51. The summed E-state index contributed by atoms with van der Waals surface area (Å²) in [5, 5.41) is 3.78. The third-order valence-electron chi connectivity index (χ3n) is 4.51. The molecule has 0 saturated carbocycles. The summed E-state index contributed by atoms with van der Waals surface area (Å²) in [6.07, 6.45) is -2.23. The van der Waals surface area contributed by atoms with E-state index in [2.05, 4.69) is 10.1 Å². The Morgan fingerprint density at radius 1 is 1.44 bits per heavy atom. The van der Waals surface area contributed by atoms with Gasteiger partial charge in [-0.3, -0.25) is 4.79 Å². The van der Waals surface area contributed by atoms with E-state index in [0.717, 1.165) is 6.20 Å². The molecule has 2 aromatic rings. The lowest BCUT2D eigenvalue weighted by Crippen LogP contribution is -2.35. The monoisotopic (exact) mass is 356 g/mol. The van der Waals surface area contributed by atoms with Crippen LogP contribution < -0.4 is 0 Å². The van der Waals surface area contributed by atoms with Crippen molar-refractivity contribution in [3.8, 4) is 0 Å². The molecule has 0 aromatic carbocycles. The number of imidazole rings is 1. The van der Waals surface area contributed by atoms with Crippen LogP contribution in [0, 0.1) is 19.8 Å². The summed E-state index contributed by atoms with van der Waals surface area (Å²) < 4.78 is 44.9. The van der Waals surface area contributed by atoms with Crippen LogP contribution in [-0.4, -0.2) is 39.1 Å². The molecule has 0 radical (unpaired) electrons.